The maximum atomic E-state index is 13.4. The number of hydrogen-bond donors (Lipinski definition) is 1. The largest absolute Gasteiger partial charge is 0.486 e. The van der Waals surface area contributed by atoms with Crippen molar-refractivity contribution in [2.45, 2.75) is 12.6 Å². The minimum Gasteiger partial charge on any atom is -0.486 e. The first-order chi connectivity index (χ1) is 16.8. The average molecular weight is 477 g/mol. The van der Waals surface area contributed by atoms with Gasteiger partial charge in [0, 0.05) is 41.6 Å². The Balaban J connectivity index is 1.46. The second kappa shape index (κ2) is 9.11. The third-order valence-electron chi connectivity index (χ3n) is 6.22. The lowest BCUT2D eigenvalue weighted by Gasteiger charge is -2.33. The molecule has 1 fully saturated rings. The molecular weight excluding hydrogens is 452 g/mol. The van der Waals surface area contributed by atoms with E-state index in [2.05, 4.69) is 25.4 Å². The van der Waals surface area contributed by atoms with Crippen LogP contribution in [0.2, 0.25) is 0 Å². The number of H-pyrrole nitrogens is 1. The van der Waals surface area contributed by atoms with Crippen LogP contribution in [-0.2, 0) is 6.54 Å². The number of thioether (sulfide) groups is 1. The van der Waals surface area contributed by atoms with E-state index in [9.17, 15) is 4.79 Å². The van der Waals surface area contributed by atoms with Crippen molar-refractivity contribution in [2.75, 3.05) is 37.8 Å². The van der Waals surface area contributed by atoms with Gasteiger partial charge in [0.2, 0.25) is 0 Å². The Kier molecular flexibility index (Phi) is 5.68. The number of fused-ring (bicyclic) bond motifs is 2. The molecule has 1 saturated heterocycles. The molecule has 2 aromatic carbocycles. The van der Waals surface area contributed by atoms with Crippen LogP contribution >= 0.6 is 11.8 Å². The highest BCUT2D eigenvalue weighted by atomic mass is 32.2. The minimum absolute atomic E-state index is 0.151. The fourth-order valence-electron chi connectivity index (χ4n) is 4.57. The number of pyridine rings is 1. The van der Waals surface area contributed by atoms with Crippen LogP contribution in [0.25, 0.3) is 10.9 Å². The predicted octanol–water partition coefficient (Wildman–Crippen LogP) is 2.47. The summed E-state index contributed by atoms with van der Waals surface area (Å²) in [6.07, 6.45) is 0. The van der Waals surface area contributed by atoms with Crippen LogP contribution in [-0.4, -0.2) is 67.9 Å². The smallest absolute Gasteiger partial charge is 0.253 e. The van der Waals surface area contributed by atoms with Crippen molar-refractivity contribution in [3.05, 3.63) is 75.8 Å². The predicted molar refractivity (Wildman–Crippen MR) is 130 cm³/mol. The van der Waals surface area contributed by atoms with Crippen LogP contribution in [0.4, 0.5) is 0 Å². The molecule has 2 aliphatic rings. The summed E-state index contributed by atoms with van der Waals surface area (Å²) in [5.41, 5.74) is 2.29. The molecule has 2 aromatic heterocycles. The first kappa shape index (κ1) is 21.2. The third kappa shape index (κ3) is 4.03. The molecule has 0 bridgehead atoms. The zero-order chi connectivity index (χ0) is 22.9. The number of tetrazole rings is 1. The third-order valence-corrected chi connectivity index (χ3v) is 7.16. The van der Waals surface area contributed by atoms with Gasteiger partial charge < -0.3 is 14.5 Å². The second-order valence-electron chi connectivity index (χ2n) is 8.37. The zero-order valence-electron chi connectivity index (χ0n) is 18.5. The van der Waals surface area contributed by atoms with Gasteiger partial charge >= 0.3 is 0 Å². The Bertz CT molecular complexity index is 1370. The van der Waals surface area contributed by atoms with Crippen molar-refractivity contribution < 1.29 is 9.47 Å². The lowest BCUT2D eigenvalue weighted by Crippen LogP contribution is -2.40. The van der Waals surface area contributed by atoms with Crippen molar-refractivity contribution in [2.24, 2.45) is 0 Å². The molecule has 0 aliphatic carbocycles. The molecule has 174 valence electrons. The first-order valence-corrected chi connectivity index (χ1v) is 12.5. The summed E-state index contributed by atoms with van der Waals surface area (Å²) >= 11 is 1.92. The molecule has 1 atom stereocenters. The lowest BCUT2D eigenvalue weighted by atomic mass is 10.0. The van der Waals surface area contributed by atoms with Gasteiger partial charge in [-0.1, -0.05) is 30.3 Å². The highest BCUT2D eigenvalue weighted by Gasteiger charge is 2.31. The molecule has 0 saturated carbocycles. The van der Waals surface area contributed by atoms with Crippen LogP contribution in [0.15, 0.2) is 53.3 Å². The van der Waals surface area contributed by atoms with Gasteiger partial charge in [-0.25, -0.2) is 4.68 Å². The van der Waals surface area contributed by atoms with E-state index in [4.69, 9.17) is 9.47 Å². The summed E-state index contributed by atoms with van der Waals surface area (Å²) < 4.78 is 13.3. The Morgan fingerprint density at radius 3 is 2.59 bits per heavy atom. The van der Waals surface area contributed by atoms with Crippen LogP contribution in [0.1, 0.15) is 23.0 Å². The second-order valence-corrected chi connectivity index (χ2v) is 9.59. The van der Waals surface area contributed by atoms with E-state index in [1.807, 2.05) is 60.3 Å². The standard InChI is InChI=1S/C24H24N6O3S/c31-24-18(12-17-13-20-21(14-19(17)25-24)33-9-8-32-20)22(29-6-10-34-11-7-29)23-26-27-28-30(23)15-16-4-2-1-3-5-16/h1-5,12-14,22H,6-11,15H2,(H,25,31)/t22-/m0/s1. The molecule has 4 heterocycles. The summed E-state index contributed by atoms with van der Waals surface area (Å²) in [4.78, 5) is 18.8. The molecule has 0 radical (unpaired) electrons. The highest BCUT2D eigenvalue weighted by Crippen LogP contribution is 2.35. The normalized spacial score (nSPS) is 17.1. The van der Waals surface area contributed by atoms with Gasteiger partial charge in [0.25, 0.3) is 5.56 Å². The number of rotatable bonds is 5. The molecule has 1 N–H and O–H groups in total. The number of nitrogens with one attached hydrogen (secondary N) is 1. The van der Waals surface area contributed by atoms with E-state index < -0.39 is 0 Å². The summed E-state index contributed by atoms with van der Waals surface area (Å²) in [6, 6.07) is 15.4. The van der Waals surface area contributed by atoms with Crippen molar-refractivity contribution >= 4 is 22.7 Å². The number of nitrogens with zero attached hydrogens (tertiary/aromatic N) is 5. The van der Waals surface area contributed by atoms with E-state index in [0.29, 0.717) is 42.6 Å². The van der Waals surface area contributed by atoms with E-state index in [1.165, 1.54) is 0 Å². The van der Waals surface area contributed by atoms with Crippen LogP contribution in [0, 0.1) is 0 Å². The fraction of sp³-hybridized carbons (Fsp3) is 0.333. The monoisotopic (exact) mass is 476 g/mol. The van der Waals surface area contributed by atoms with Gasteiger partial charge in [0.05, 0.1) is 12.1 Å². The van der Waals surface area contributed by atoms with Crippen LogP contribution < -0.4 is 15.0 Å². The lowest BCUT2D eigenvalue weighted by molar-refractivity contribution is 0.172. The summed E-state index contributed by atoms with van der Waals surface area (Å²) in [7, 11) is 0. The van der Waals surface area contributed by atoms with Gasteiger partial charge in [-0.2, -0.15) is 11.8 Å². The first-order valence-electron chi connectivity index (χ1n) is 11.3. The molecule has 2 aliphatic heterocycles. The number of aromatic nitrogens is 5. The molecule has 9 nitrogen and oxygen atoms in total. The molecule has 0 unspecified atom stereocenters. The maximum Gasteiger partial charge on any atom is 0.253 e. The SMILES string of the molecule is O=c1[nH]c2cc3c(cc2cc1[C@@H](c1nnnn1Cc1ccccc1)N1CCSCC1)OCCO3. The number of hydrogen-bond acceptors (Lipinski definition) is 8. The molecule has 6 rings (SSSR count). The Labute approximate surface area is 200 Å². The molecular formula is C24H24N6O3S. The molecule has 10 heteroatoms. The Hall–Kier alpha value is -3.37. The summed E-state index contributed by atoms with van der Waals surface area (Å²) in [5.74, 6) is 4.01. The fourth-order valence-corrected chi connectivity index (χ4v) is 5.51. The maximum absolute atomic E-state index is 13.4. The number of benzene rings is 2. The van der Waals surface area contributed by atoms with Gasteiger partial charge in [-0.05, 0) is 28.1 Å². The topological polar surface area (TPSA) is 98.2 Å². The number of ether oxygens (including phenoxy) is 2. The summed E-state index contributed by atoms with van der Waals surface area (Å²) in [6.45, 7) is 3.25. The quantitative estimate of drug-likeness (QED) is 0.469. The van der Waals surface area contributed by atoms with Gasteiger partial charge in [-0.3, -0.25) is 9.69 Å². The van der Waals surface area contributed by atoms with Gasteiger partial charge in [-0.15, -0.1) is 5.10 Å². The molecule has 4 aromatic rings. The Morgan fingerprint density at radius 2 is 1.79 bits per heavy atom. The van der Waals surface area contributed by atoms with Crippen LogP contribution in [0.5, 0.6) is 11.5 Å². The molecule has 0 spiro atoms. The van der Waals surface area contributed by atoms with Crippen molar-refractivity contribution in [3.8, 4) is 11.5 Å². The van der Waals surface area contributed by atoms with E-state index >= 15 is 0 Å². The molecule has 0 amide bonds. The van der Waals surface area contributed by atoms with E-state index in [1.54, 1.807) is 4.68 Å². The van der Waals surface area contributed by atoms with Gasteiger partial charge in [0.15, 0.2) is 17.3 Å². The van der Waals surface area contributed by atoms with Crippen molar-refractivity contribution in [1.82, 2.24) is 30.1 Å². The van der Waals surface area contributed by atoms with Gasteiger partial charge in [0.1, 0.15) is 19.3 Å². The van der Waals surface area contributed by atoms with Crippen LogP contribution in [0.3, 0.4) is 0 Å². The van der Waals surface area contributed by atoms with E-state index in [0.717, 1.165) is 41.1 Å². The minimum atomic E-state index is -0.360. The van der Waals surface area contributed by atoms with Crippen molar-refractivity contribution in [1.29, 1.82) is 0 Å². The highest BCUT2D eigenvalue weighted by molar-refractivity contribution is 7.99. The number of aromatic amines is 1. The van der Waals surface area contributed by atoms with Crippen molar-refractivity contribution in [3.63, 3.8) is 0 Å². The molecule has 34 heavy (non-hydrogen) atoms. The summed E-state index contributed by atoms with van der Waals surface area (Å²) in [5, 5.41) is 13.6. The van der Waals surface area contributed by atoms with E-state index in [-0.39, 0.29) is 11.6 Å². The average Bonchev–Trinajstić information content (AvgIpc) is 3.32. The zero-order valence-corrected chi connectivity index (χ0v) is 19.3. The Morgan fingerprint density at radius 1 is 1.03 bits per heavy atom.